The number of carbonyl (C=O) groups excluding carboxylic acids is 2. The first-order valence-corrected chi connectivity index (χ1v) is 9.01. The summed E-state index contributed by atoms with van der Waals surface area (Å²) in [5.41, 5.74) is 2.15. The van der Waals surface area contributed by atoms with Crippen molar-refractivity contribution in [1.29, 1.82) is 0 Å². The highest BCUT2D eigenvalue weighted by atomic mass is 35.5. The molecule has 0 bridgehead atoms. The largest absolute Gasteiger partial charge is 0.482 e. The zero-order chi connectivity index (χ0) is 20.0. The van der Waals surface area contributed by atoms with E-state index in [1.54, 1.807) is 36.4 Å². The van der Waals surface area contributed by atoms with Crippen LogP contribution in [0.5, 0.6) is 11.5 Å². The van der Waals surface area contributed by atoms with Crippen molar-refractivity contribution in [3.63, 3.8) is 0 Å². The standard InChI is InChI=1S/C21H23ClO5/c1-13(2)11-26-21(24)16-5-7-17(8-6-16)27-19(23)12-25-18-9-14(3)20(22)15(4)10-18/h5-10,13H,11-12H2,1-4H3. The fourth-order valence-corrected chi connectivity index (χ4v) is 2.39. The Kier molecular flexibility index (Phi) is 7.25. The number of aryl methyl sites for hydroxylation is 2. The zero-order valence-electron chi connectivity index (χ0n) is 15.9. The molecule has 0 fully saturated rings. The van der Waals surface area contributed by atoms with Crippen LogP contribution in [0.2, 0.25) is 5.02 Å². The average Bonchev–Trinajstić information content (AvgIpc) is 2.63. The van der Waals surface area contributed by atoms with Gasteiger partial charge >= 0.3 is 11.9 Å². The highest BCUT2D eigenvalue weighted by molar-refractivity contribution is 6.32. The topological polar surface area (TPSA) is 61.8 Å². The lowest BCUT2D eigenvalue weighted by Gasteiger charge is -2.10. The van der Waals surface area contributed by atoms with Gasteiger partial charge in [0.25, 0.3) is 0 Å². The minimum Gasteiger partial charge on any atom is -0.482 e. The molecule has 0 unspecified atom stereocenters. The first kappa shape index (κ1) is 20.8. The maximum Gasteiger partial charge on any atom is 0.349 e. The second kappa shape index (κ2) is 9.42. The summed E-state index contributed by atoms with van der Waals surface area (Å²) < 4.78 is 15.8. The van der Waals surface area contributed by atoms with Crippen molar-refractivity contribution in [2.45, 2.75) is 27.7 Å². The molecule has 0 spiro atoms. The average molecular weight is 391 g/mol. The third-order valence-electron chi connectivity index (χ3n) is 3.64. The molecule has 0 aliphatic carbocycles. The van der Waals surface area contributed by atoms with Gasteiger partial charge in [0.05, 0.1) is 12.2 Å². The molecule has 2 aromatic carbocycles. The number of carbonyl (C=O) groups is 2. The van der Waals surface area contributed by atoms with Crippen LogP contribution < -0.4 is 9.47 Å². The number of halogens is 1. The first-order chi connectivity index (χ1) is 12.8. The van der Waals surface area contributed by atoms with E-state index in [4.69, 9.17) is 25.8 Å². The van der Waals surface area contributed by atoms with Crippen LogP contribution in [0.4, 0.5) is 0 Å². The number of ether oxygens (including phenoxy) is 3. The van der Waals surface area contributed by atoms with Crippen molar-refractivity contribution in [3.05, 3.63) is 58.1 Å². The number of rotatable bonds is 7. The minimum atomic E-state index is -0.546. The summed E-state index contributed by atoms with van der Waals surface area (Å²) in [6.07, 6.45) is 0. The summed E-state index contributed by atoms with van der Waals surface area (Å²) in [6, 6.07) is 9.72. The minimum absolute atomic E-state index is 0.237. The van der Waals surface area contributed by atoms with Gasteiger partial charge in [0, 0.05) is 5.02 Å². The predicted molar refractivity (Wildman–Crippen MR) is 104 cm³/mol. The Hall–Kier alpha value is -2.53. The van der Waals surface area contributed by atoms with Crippen LogP contribution in [0.15, 0.2) is 36.4 Å². The summed E-state index contributed by atoms with van der Waals surface area (Å²) in [7, 11) is 0. The second-order valence-corrected chi connectivity index (χ2v) is 7.03. The number of hydrogen-bond donors (Lipinski definition) is 0. The summed E-state index contributed by atoms with van der Waals surface area (Å²) in [4.78, 5) is 23.8. The Labute approximate surface area is 164 Å². The fraction of sp³-hybridized carbons (Fsp3) is 0.333. The van der Waals surface area contributed by atoms with Gasteiger partial charge in [-0.3, -0.25) is 0 Å². The van der Waals surface area contributed by atoms with Crippen LogP contribution in [-0.4, -0.2) is 25.2 Å². The third-order valence-corrected chi connectivity index (χ3v) is 4.23. The highest BCUT2D eigenvalue weighted by Gasteiger charge is 2.11. The predicted octanol–water partition coefficient (Wildman–Crippen LogP) is 4.75. The van der Waals surface area contributed by atoms with Crippen LogP contribution in [0.25, 0.3) is 0 Å². The van der Waals surface area contributed by atoms with E-state index in [2.05, 4.69) is 0 Å². The molecular weight excluding hydrogens is 368 g/mol. The van der Waals surface area contributed by atoms with Crippen molar-refractivity contribution in [1.82, 2.24) is 0 Å². The summed E-state index contributed by atoms with van der Waals surface area (Å²) >= 11 is 6.11. The lowest BCUT2D eigenvalue weighted by atomic mass is 10.1. The molecule has 2 rings (SSSR count). The van der Waals surface area contributed by atoms with Crippen molar-refractivity contribution in [2.75, 3.05) is 13.2 Å². The maximum absolute atomic E-state index is 12.0. The van der Waals surface area contributed by atoms with Crippen molar-refractivity contribution in [3.8, 4) is 11.5 Å². The van der Waals surface area contributed by atoms with Gasteiger partial charge in [-0.2, -0.15) is 0 Å². The van der Waals surface area contributed by atoms with Crippen molar-refractivity contribution < 1.29 is 23.8 Å². The molecule has 2 aromatic rings. The lowest BCUT2D eigenvalue weighted by molar-refractivity contribution is -0.136. The number of hydrogen-bond acceptors (Lipinski definition) is 5. The van der Waals surface area contributed by atoms with Gasteiger partial charge in [-0.15, -0.1) is 0 Å². The van der Waals surface area contributed by atoms with Crippen LogP contribution in [0.3, 0.4) is 0 Å². The van der Waals surface area contributed by atoms with Gasteiger partial charge in [0.2, 0.25) is 0 Å². The zero-order valence-corrected chi connectivity index (χ0v) is 16.6. The Morgan fingerprint density at radius 3 is 2.15 bits per heavy atom. The Morgan fingerprint density at radius 2 is 1.59 bits per heavy atom. The molecule has 27 heavy (non-hydrogen) atoms. The van der Waals surface area contributed by atoms with Crippen LogP contribution >= 0.6 is 11.6 Å². The van der Waals surface area contributed by atoms with E-state index >= 15 is 0 Å². The molecule has 0 saturated carbocycles. The fourth-order valence-electron chi connectivity index (χ4n) is 2.28. The van der Waals surface area contributed by atoms with Gasteiger partial charge in [0.15, 0.2) is 6.61 Å². The molecular formula is C21H23ClO5. The molecule has 6 heteroatoms. The third kappa shape index (κ3) is 6.29. The van der Waals surface area contributed by atoms with Gasteiger partial charge in [-0.25, -0.2) is 9.59 Å². The highest BCUT2D eigenvalue weighted by Crippen LogP contribution is 2.25. The maximum atomic E-state index is 12.0. The Balaban J connectivity index is 1.88. The van der Waals surface area contributed by atoms with Gasteiger partial charge in [0.1, 0.15) is 11.5 Å². The molecule has 0 aromatic heterocycles. The van der Waals surface area contributed by atoms with Gasteiger partial charge in [-0.05, 0) is 67.3 Å². The smallest absolute Gasteiger partial charge is 0.349 e. The van der Waals surface area contributed by atoms with E-state index in [9.17, 15) is 9.59 Å². The lowest BCUT2D eigenvalue weighted by Crippen LogP contribution is -2.18. The van der Waals surface area contributed by atoms with Crippen LogP contribution in [0.1, 0.15) is 35.3 Å². The molecule has 0 aliphatic heterocycles. The normalized spacial score (nSPS) is 10.6. The summed E-state index contributed by atoms with van der Waals surface area (Å²) in [6.45, 7) is 7.78. The van der Waals surface area contributed by atoms with Crippen molar-refractivity contribution in [2.24, 2.45) is 5.92 Å². The molecule has 0 atom stereocenters. The molecule has 0 heterocycles. The van der Waals surface area contributed by atoms with Crippen LogP contribution in [0, 0.1) is 19.8 Å². The van der Waals surface area contributed by atoms with E-state index in [0.717, 1.165) is 11.1 Å². The first-order valence-electron chi connectivity index (χ1n) is 8.63. The van der Waals surface area contributed by atoms with E-state index in [1.165, 1.54) is 0 Å². The van der Waals surface area contributed by atoms with Gasteiger partial charge in [-0.1, -0.05) is 25.4 Å². The summed E-state index contributed by atoms with van der Waals surface area (Å²) in [5.74, 6) is 0.193. The van der Waals surface area contributed by atoms with Crippen molar-refractivity contribution >= 4 is 23.5 Å². The SMILES string of the molecule is Cc1cc(OCC(=O)Oc2ccc(C(=O)OCC(C)C)cc2)cc(C)c1Cl. The molecule has 0 amide bonds. The van der Waals surface area contributed by atoms with E-state index in [0.29, 0.717) is 28.7 Å². The molecule has 0 N–H and O–H groups in total. The number of esters is 2. The van der Waals surface area contributed by atoms with Gasteiger partial charge < -0.3 is 14.2 Å². The summed E-state index contributed by atoms with van der Waals surface area (Å²) in [5, 5.41) is 0.678. The number of benzene rings is 2. The van der Waals surface area contributed by atoms with E-state index in [-0.39, 0.29) is 12.5 Å². The Morgan fingerprint density at radius 1 is 1.00 bits per heavy atom. The quantitative estimate of drug-likeness (QED) is 0.504. The second-order valence-electron chi connectivity index (χ2n) is 6.65. The molecule has 144 valence electrons. The monoisotopic (exact) mass is 390 g/mol. The Bertz CT molecular complexity index is 789. The molecule has 0 radical (unpaired) electrons. The van der Waals surface area contributed by atoms with E-state index < -0.39 is 11.9 Å². The van der Waals surface area contributed by atoms with E-state index in [1.807, 2.05) is 27.7 Å². The molecule has 0 saturated heterocycles. The molecule has 5 nitrogen and oxygen atoms in total. The molecule has 0 aliphatic rings. The van der Waals surface area contributed by atoms with Crippen LogP contribution in [-0.2, 0) is 9.53 Å².